The Bertz CT molecular complexity index is 487. The molecule has 0 bridgehead atoms. The first-order valence-corrected chi connectivity index (χ1v) is 6.14. The van der Waals surface area contributed by atoms with Gasteiger partial charge in [-0.15, -0.1) is 0 Å². The van der Waals surface area contributed by atoms with Crippen LogP contribution < -0.4 is 5.73 Å². The monoisotopic (exact) mass is 244 g/mol. The SMILES string of the molecule is CN(CCc1ccc(N)cc1)Cc1nccn1C. The van der Waals surface area contributed by atoms with Gasteiger partial charge in [-0.2, -0.15) is 0 Å². The molecule has 96 valence electrons. The minimum atomic E-state index is 0.820. The van der Waals surface area contributed by atoms with E-state index in [1.54, 1.807) is 0 Å². The molecule has 0 saturated heterocycles. The maximum Gasteiger partial charge on any atom is 0.122 e. The van der Waals surface area contributed by atoms with Crippen LogP contribution in [0.3, 0.4) is 0 Å². The van der Waals surface area contributed by atoms with Gasteiger partial charge in [0.25, 0.3) is 0 Å². The van der Waals surface area contributed by atoms with Gasteiger partial charge in [-0.05, 0) is 31.2 Å². The fourth-order valence-electron chi connectivity index (χ4n) is 1.87. The van der Waals surface area contributed by atoms with E-state index < -0.39 is 0 Å². The molecule has 0 aliphatic rings. The van der Waals surface area contributed by atoms with E-state index >= 15 is 0 Å². The first-order valence-electron chi connectivity index (χ1n) is 6.14. The second-order valence-electron chi connectivity index (χ2n) is 4.68. The van der Waals surface area contributed by atoms with Crippen LogP contribution in [-0.2, 0) is 20.0 Å². The van der Waals surface area contributed by atoms with Gasteiger partial charge in [0.1, 0.15) is 5.82 Å². The average Bonchev–Trinajstić information content (AvgIpc) is 2.74. The van der Waals surface area contributed by atoms with E-state index in [0.717, 1.165) is 31.0 Å². The summed E-state index contributed by atoms with van der Waals surface area (Å²) in [5, 5.41) is 0. The van der Waals surface area contributed by atoms with Crippen LogP contribution in [-0.4, -0.2) is 28.0 Å². The topological polar surface area (TPSA) is 47.1 Å². The molecule has 0 fully saturated rings. The number of rotatable bonds is 5. The molecule has 0 aliphatic heterocycles. The highest BCUT2D eigenvalue weighted by Crippen LogP contribution is 2.07. The maximum atomic E-state index is 5.67. The van der Waals surface area contributed by atoms with Gasteiger partial charge in [-0.1, -0.05) is 12.1 Å². The van der Waals surface area contributed by atoms with Crippen molar-refractivity contribution in [1.29, 1.82) is 0 Å². The number of hydrogen-bond acceptors (Lipinski definition) is 3. The molecule has 0 spiro atoms. The molecule has 0 amide bonds. The number of benzene rings is 1. The highest BCUT2D eigenvalue weighted by molar-refractivity contribution is 5.39. The highest BCUT2D eigenvalue weighted by atomic mass is 15.1. The summed E-state index contributed by atoms with van der Waals surface area (Å²) in [4.78, 5) is 6.60. The Morgan fingerprint density at radius 1 is 1.28 bits per heavy atom. The highest BCUT2D eigenvalue weighted by Gasteiger charge is 2.04. The number of imidazole rings is 1. The summed E-state index contributed by atoms with van der Waals surface area (Å²) in [7, 11) is 4.14. The molecule has 0 radical (unpaired) electrons. The molecule has 4 heteroatoms. The molecule has 4 nitrogen and oxygen atoms in total. The van der Waals surface area contributed by atoms with Crippen molar-refractivity contribution in [2.45, 2.75) is 13.0 Å². The van der Waals surface area contributed by atoms with Crippen LogP contribution in [0.5, 0.6) is 0 Å². The zero-order valence-electron chi connectivity index (χ0n) is 11.0. The third-order valence-corrected chi connectivity index (χ3v) is 3.09. The van der Waals surface area contributed by atoms with Crippen LogP contribution in [0.15, 0.2) is 36.7 Å². The Labute approximate surface area is 108 Å². The number of aromatic nitrogens is 2. The van der Waals surface area contributed by atoms with E-state index in [4.69, 9.17) is 5.73 Å². The van der Waals surface area contributed by atoms with Gasteiger partial charge in [-0.25, -0.2) is 4.98 Å². The molecule has 0 atom stereocenters. The number of nitrogens with two attached hydrogens (primary N) is 1. The summed E-state index contributed by atoms with van der Waals surface area (Å²) < 4.78 is 2.06. The summed E-state index contributed by atoms with van der Waals surface area (Å²) in [5.74, 6) is 1.09. The van der Waals surface area contributed by atoms with Gasteiger partial charge < -0.3 is 10.3 Å². The van der Waals surface area contributed by atoms with Crippen molar-refractivity contribution in [3.05, 3.63) is 48.0 Å². The lowest BCUT2D eigenvalue weighted by atomic mass is 10.1. The van der Waals surface area contributed by atoms with Crippen molar-refractivity contribution < 1.29 is 0 Å². The molecule has 1 aromatic heterocycles. The normalized spacial score (nSPS) is 11.1. The first kappa shape index (κ1) is 12.6. The molecule has 0 saturated carbocycles. The Kier molecular flexibility index (Phi) is 3.99. The number of nitrogen functional groups attached to an aromatic ring is 1. The predicted octanol–water partition coefficient (Wildman–Crippen LogP) is 1.68. The molecule has 2 rings (SSSR count). The van der Waals surface area contributed by atoms with Crippen molar-refractivity contribution in [2.75, 3.05) is 19.3 Å². The Morgan fingerprint density at radius 2 is 2.00 bits per heavy atom. The van der Waals surface area contributed by atoms with Gasteiger partial charge in [0.15, 0.2) is 0 Å². The second kappa shape index (κ2) is 5.69. The molecule has 0 aliphatic carbocycles. The van der Waals surface area contributed by atoms with Crippen molar-refractivity contribution in [3.63, 3.8) is 0 Å². The molecular formula is C14H20N4. The standard InChI is InChI=1S/C14H20N4/c1-17(11-14-16-8-10-18(14)2)9-7-12-3-5-13(15)6-4-12/h3-6,8,10H,7,9,11,15H2,1-2H3. The third kappa shape index (κ3) is 3.34. The van der Waals surface area contributed by atoms with Gasteiger partial charge in [0.05, 0.1) is 6.54 Å². The number of anilines is 1. The summed E-state index contributed by atoms with van der Waals surface area (Å²) >= 11 is 0. The fourth-order valence-corrected chi connectivity index (χ4v) is 1.87. The van der Waals surface area contributed by atoms with Crippen molar-refractivity contribution in [3.8, 4) is 0 Å². The van der Waals surface area contributed by atoms with Gasteiger partial charge in [0, 0.05) is 31.7 Å². The minimum absolute atomic E-state index is 0.820. The van der Waals surface area contributed by atoms with Gasteiger partial charge in [0.2, 0.25) is 0 Å². The number of aryl methyl sites for hydroxylation is 1. The van der Waals surface area contributed by atoms with Crippen molar-refractivity contribution >= 4 is 5.69 Å². The summed E-state index contributed by atoms with van der Waals surface area (Å²) in [6.07, 6.45) is 4.84. The Hall–Kier alpha value is -1.81. The summed E-state index contributed by atoms with van der Waals surface area (Å²) in [6, 6.07) is 8.08. The number of nitrogens with zero attached hydrogens (tertiary/aromatic N) is 3. The number of hydrogen-bond donors (Lipinski definition) is 1. The van der Waals surface area contributed by atoms with Crippen molar-refractivity contribution in [1.82, 2.24) is 14.5 Å². The largest absolute Gasteiger partial charge is 0.399 e. The summed E-state index contributed by atoms with van der Waals surface area (Å²) in [5.41, 5.74) is 7.80. The van der Waals surface area contributed by atoms with E-state index in [0.29, 0.717) is 0 Å². The van der Waals surface area contributed by atoms with E-state index in [1.165, 1.54) is 5.56 Å². The Balaban J connectivity index is 1.83. The Morgan fingerprint density at radius 3 is 2.61 bits per heavy atom. The van der Waals surface area contributed by atoms with E-state index in [-0.39, 0.29) is 0 Å². The quantitative estimate of drug-likeness (QED) is 0.814. The molecule has 2 aromatic rings. The second-order valence-corrected chi connectivity index (χ2v) is 4.68. The predicted molar refractivity (Wildman–Crippen MR) is 74.1 cm³/mol. The lowest BCUT2D eigenvalue weighted by Crippen LogP contribution is -2.22. The lowest BCUT2D eigenvalue weighted by Gasteiger charge is -2.16. The fraction of sp³-hybridized carbons (Fsp3) is 0.357. The molecule has 1 heterocycles. The molecule has 2 N–H and O–H groups in total. The van der Waals surface area contributed by atoms with Crippen LogP contribution >= 0.6 is 0 Å². The average molecular weight is 244 g/mol. The van der Waals surface area contributed by atoms with Crippen LogP contribution in [0.25, 0.3) is 0 Å². The third-order valence-electron chi connectivity index (χ3n) is 3.09. The maximum absolute atomic E-state index is 5.67. The van der Waals surface area contributed by atoms with E-state index in [1.807, 2.05) is 31.6 Å². The van der Waals surface area contributed by atoms with Crippen LogP contribution in [0.2, 0.25) is 0 Å². The van der Waals surface area contributed by atoms with Gasteiger partial charge >= 0.3 is 0 Å². The molecule has 0 unspecified atom stereocenters. The van der Waals surface area contributed by atoms with E-state index in [9.17, 15) is 0 Å². The lowest BCUT2D eigenvalue weighted by molar-refractivity contribution is 0.319. The summed E-state index contributed by atoms with van der Waals surface area (Å²) in [6.45, 7) is 1.88. The minimum Gasteiger partial charge on any atom is -0.399 e. The van der Waals surface area contributed by atoms with E-state index in [2.05, 4.69) is 33.6 Å². The zero-order chi connectivity index (χ0) is 13.0. The molecule has 1 aromatic carbocycles. The molecule has 18 heavy (non-hydrogen) atoms. The number of likely N-dealkylation sites (N-methyl/N-ethyl adjacent to an activating group) is 1. The smallest absolute Gasteiger partial charge is 0.122 e. The molecular weight excluding hydrogens is 224 g/mol. The zero-order valence-corrected chi connectivity index (χ0v) is 11.0. The van der Waals surface area contributed by atoms with Crippen LogP contribution in [0, 0.1) is 0 Å². The first-order chi connectivity index (χ1) is 8.65. The van der Waals surface area contributed by atoms with Crippen LogP contribution in [0.4, 0.5) is 5.69 Å². The van der Waals surface area contributed by atoms with Crippen LogP contribution in [0.1, 0.15) is 11.4 Å². The van der Waals surface area contributed by atoms with Gasteiger partial charge in [-0.3, -0.25) is 4.90 Å². The van der Waals surface area contributed by atoms with Crippen molar-refractivity contribution in [2.24, 2.45) is 7.05 Å².